The molecule has 0 bridgehead atoms. The monoisotopic (exact) mass is 265 g/mol. The van der Waals surface area contributed by atoms with E-state index in [-0.39, 0.29) is 11.9 Å². The zero-order valence-electron chi connectivity index (χ0n) is 9.64. The minimum Gasteiger partial charge on any atom is -0.398 e. The molecule has 0 saturated heterocycles. The molecule has 0 radical (unpaired) electrons. The molecule has 2 aromatic rings. The predicted octanol–water partition coefficient (Wildman–Crippen LogP) is 1.53. The van der Waals surface area contributed by atoms with Crippen molar-refractivity contribution in [3.8, 4) is 0 Å². The van der Waals surface area contributed by atoms with Crippen molar-refractivity contribution in [3.63, 3.8) is 0 Å². The van der Waals surface area contributed by atoms with Crippen molar-refractivity contribution in [2.24, 2.45) is 0 Å². The van der Waals surface area contributed by atoms with Gasteiger partial charge < -0.3 is 11.1 Å². The Bertz CT molecular complexity index is 555. The average molecular weight is 266 g/mol. The van der Waals surface area contributed by atoms with Crippen LogP contribution in [0.5, 0.6) is 0 Å². The summed E-state index contributed by atoms with van der Waals surface area (Å²) in [7, 11) is 0. The van der Waals surface area contributed by atoms with Crippen LogP contribution in [-0.2, 0) is 0 Å². The number of nitrogen functional groups attached to an aromatic ring is 1. The van der Waals surface area contributed by atoms with Gasteiger partial charge in [-0.25, -0.2) is 4.98 Å². The number of carbonyl (C=O) groups is 1. The van der Waals surface area contributed by atoms with Gasteiger partial charge in [-0.3, -0.25) is 9.89 Å². The molecule has 0 fully saturated rings. The van der Waals surface area contributed by atoms with E-state index in [1.54, 1.807) is 19.1 Å². The number of benzene rings is 1. The summed E-state index contributed by atoms with van der Waals surface area (Å²) in [6.07, 6.45) is 1.39. The van der Waals surface area contributed by atoms with E-state index in [0.29, 0.717) is 22.1 Å². The van der Waals surface area contributed by atoms with E-state index in [0.717, 1.165) is 0 Å². The summed E-state index contributed by atoms with van der Waals surface area (Å²) in [4.78, 5) is 15.9. The summed E-state index contributed by atoms with van der Waals surface area (Å²) >= 11 is 5.86. The number of carbonyl (C=O) groups excluding carboxylic acids is 1. The van der Waals surface area contributed by atoms with Crippen LogP contribution in [0.25, 0.3) is 0 Å². The minimum atomic E-state index is -0.267. The van der Waals surface area contributed by atoms with Crippen molar-refractivity contribution in [2.45, 2.75) is 13.0 Å². The fourth-order valence-corrected chi connectivity index (χ4v) is 1.62. The van der Waals surface area contributed by atoms with Crippen LogP contribution in [0, 0.1) is 0 Å². The third-order valence-electron chi connectivity index (χ3n) is 2.45. The van der Waals surface area contributed by atoms with Crippen molar-refractivity contribution < 1.29 is 4.79 Å². The summed E-state index contributed by atoms with van der Waals surface area (Å²) in [5.74, 6) is 0.339. The highest BCUT2D eigenvalue weighted by molar-refractivity contribution is 6.33. The largest absolute Gasteiger partial charge is 0.398 e. The molecule has 1 aromatic heterocycles. The first kappa shape index (κ1) is 12.4. The normalized spacial score (nSPS) is 12.1. The quantitative estimate of drug-likeness (QED) is 0.733. The van der Waals surface area contributed by atoms with Crippen molar-refractivity contribution in [1.82, 2.24) is 20.5 Å². The molecule has 4 N–H and O–H groups in total. The van der Waals surface area contributed by atoms with E-state index in [1.807, 2.05) is 0 Å². The van der Waals surface area contributed by atoms with E-state index < -0.39 is 0 Å². The summed E-state index contributed by atoms with van der Waals surface area (Å²) < 4.78 is 0. The molecule has 0 aliphatic heterocycles. The zero-order chi connectivity index (χ0) is 13.1. The number of halogens is 1. The standard InChI is InChI=1S/C11H12ClN5O/c1-6(10-14-5-15-17-10)16-11(18)7-2-3-9(13)8(12)4-7/h2-6H,13H2,1H3,(H,16,18)(H,14,15,17). The van der Waals surface area contributed by atoms with Gasteiger partial charge in [0, 0.05) is 5.56 Å². The highest BCUT2D eigenvalue weighted by atomic mass is 35.5. The Kier molecular flexibility index (Phi) is 3.47. The second-order valence-electron chi connectivity index (χ2n) is 3.80. The van der Waals surface area contributed by atoms with Gasteiger partial charge in [0.2, 0.25) is 0 Å². The van der Waals surface area contributed by atoms with Gasteiger partial charge in [0.1, 0.15) is 12.2 Å². The maximum atomic E-state index is 11.9. The van der Waals surface area contributed by atoms with Crippen LogP contribution < -0.4 is 11.1 Å². The molecule has 0 aliphatic carbocycles. The number of rotatable bonds is 3. The molecular formula is C11H12ClN5O. The van der Waals surface area contributed by atoms with Gasteiger partial charge >= 0.3 is 0 Å². The Balaban J connectivity index is 2.10. The van der Waals surface area contributed by atoms with Gasteiger partial charge in [-0.2, -0.15) is 5.10 Å². The first-order chi connectivity index (χ1) is 8.58. The average Bonchev–Trinajstić information content (AvgIpc) is 2.86. The molecule has 18 heavy (non-hydrogen) atoms. The van der Waals surface area contributed by atoms with Gasteiger partial charge in [0.05, 0.1) is 16.8 Å². The lowest BCUT2D eigenvalue weighted by Crippen LogP contribution is -2.27. The summed E-state index contributed by atoms with van der Waals surface area (Å²) in [6, 6.07) is 4.47. The van der Waals surface area contributed by atoms with Crippen LogP contribution >= 0.6 is 11.6 Å². The van der Waals surface area contributed by atoms with Crippen molar-refractivity contribution in [1.29, 1.82) is 0 Å². The number of nitrogens with zero attached hydrogens (tertiary/aromatic N) is 2. The number of nitrogens with two attached hydrogens (primary N) is 1. The summed E-state index contributed by atoms with van der Waals surface area (Å²) in [5, 5.41) is 9.55. The second-order valence-corrected chi connectivity index (χ2v) is 4.21. The molecule has 1 amide bonds. The van der Waals surface area contributed by atoms with Crippen LogP contribution in [0.4, 0.5) is 5.69 Å². The number of amides is 1. The van der Waals surface area contributed by atoms with Crippen LogP contribution in [0.1, 0.15) is 29.1 Å². The maximum absolute atomic E-state index is 11.9. The smallest absolute Gasteiger partial charge is 0.251 e. The SMILES string of the molecule is CC(NC(=O)c1ccc(N)c(Cl)c1)c1ncn[nH]1. The predicted molar refractivity (Wildman–Crippen MR) is 68.1 cm³/mol. The van der Waals surface area contributed by atoms with E-state index >= 15 is 0 Å². The van der Waals surface area contributed by atoms with Gasteiger partial charge in [0.15, 0.2) is 0 Å². The van der Waals surface area contributed by atoms with E-state index in [2.05, 4.69) is 20.5 Å². The molecular weight excluding hydrogens is 254 g/mol. The first-order valence-corrected chi connectivity index (χ1v) is 5.67. The molecule has 2 rings (SSSR count). The number of hydrogen-bond acceptors (Lipinski definition) is 4. The van der Waals surface area contributed by atoms with Crippen molar-refractivity contribution in [2.75, 3.05) is 5.73 Å². The third kappa shape index (κ3) is 2.60. The number of hydrogen-bond donors (Lipinski definition) is 3. The third-order valence-corrected chi connectivity index (χ3v) is 2.78. The summed E-state index contributed by atoms with van der Waals surface area (Å²) in [6.45, 7) is 1.80. The van der Waals surface area contributed by atoms with Crippen molar-refractivity contribution in [3.05, 3.63) is 40.9 Å². The second kappa shape index (κ2) is 5.05. The van der Waals surface area contributed by atoms with Gasteiger partial charge in [0.25, 0.3) is 5.91 Å². The number of aromatic nitrogens is 3. The lowest BCUT2D eigenvalue weighted by atomic mass is 10.2. The van der Waals surface area contributed by atoms with E-state index in [4.69, 9.17) is 17.3 Å². The summed E-state index contributed by atoms with van der Waals surface area (Å²) in [5.41, 5.74) is 6.47. The van der Waals surface area contributed by atoms with Gasteiger partial charge in [-0.1, -0.05) is 11.6 Å². The molecule has 1 atom stereocenters. The van der Waals surface area contributed by atoms with Crippen LogP contribution in [0.3, 0.4) is 0 Å². The van der Waals surface area contributed by atoms with Crippen molar-refractivity contribution >= 4 is 23.2 Å². The molecule has 1 heterocycles. The molecule has 6 nitrogen and oxygen atoms in total. The minimum absolute atomic E-state index is 0.249. The Morgan fingerprint density at radius 3 is 2.94 bits per heavy atom. The fraction of sp³-hybridized carbons (Fsp3) is 0.182. The molecule has 0 spiro atoms. The lowest BCUT2D eigenvalue weighted by Gasteiger charge is -2.11. The molecule has 7 heteroatoms. The van der Waals surface area contributed by atoms with Crippen LogP contribution in [-0.4, -0.2) is 21.1 Å². The number of H-pyrrole nitrogens is 1. The van der Waals surface area contributed by atoms with E-state index in [1.165, 1.54) is 12.4 Å². The Morgan fingerprint density at radius 1 is 1.56 bits per heavy atom. The highest BCUT2D eigenvalue weighted by Crippen LogP contribution is 2.20. The fourth-order valence-electron chi connectivity index (χ4n) is 1.44. The Morgan fingerprint density at radius 2 is 2.33 bits per heavy atom. The van der Waals surface area contributed by atoms with Crippen LogP contribution in [0.15, 0.2) is 24.5 Å². The topological polar surface area (TPSA) is 96.7 Å². The van der Waals surface area contributed by atoms with E-state index in [9.17, 15) is 4.79 Å². The number of aromatic amines is 1. The molecule has 0 saturated carbocycles. The Hall–Kier alpha value is -2.08. The molecule has 94 valence electrons. The van der Waals surface area contributed by atoms with Gasteiger partial charge in [-0.05, 0) is 25.1 Å². The highest BCUT2D eigenvalue weighted by Gasteiger charge is 2.14. The first-order valence-electron chi connectivity index (χ1n) is 5.29. The van der Waals surface area contributed by atoms with Gasteiger partial charge in [-0.15, -0.1) is 0 Å². The number of anilines is 1. The lowest BCUT2D eigenvalue weighted by molar-refractivity contribution is 0.0938. The van der Waals surface area contributed by atoms with Crippen LogP contribution in [0.2, 0.25) is 5.02 Å². The maximum Gasteiger partial charge on any atom is 0.251 e. The molecule has 1 unspecified atom stereocenters. The zero-order valence-corrected chi connectivity index (χ0v) is 10.4. The Labute approximate surface area is 109 Å². The molecule has 1 aromatic carbocycles. The number of nitrogens with one attached hydrogen (secondary N) is 2. The molecule has 0 aliphatic rings.